The number of hydrogen-bond acceptors (Lipinski definition) is 4. The summed E-state index contributed by atoms with van der Waals surface area (Å²) in [5, 5.41) is 8.10. The van der Waals surface area contributed by atoms with Gasteiger partial charge in [0, 0.05) is 0 Å². The van der Waals surface area contributed by atoms with Gasteiger partial charge >= 0.3 is 5.97 Å². The van der Waals surface area contributed by atoms with Gasteiger partial charge in [0.1, 0.15) is 17.0 Å². The van der Waals surface area contributed by atoms with E-state index in [1.165, 1.54) is 22.6 Å². The molecule has 1 aromatic rings. The fourth-order valence-corrected chi connectivity index (χ4v) is 2.74. The normalized spacial score (nSPS) is 11.3. The second-order valence-electron chi connectivity index (χ2n) is 3.32. The number of ketones is 1. The summed E-state index contributed by atoms with van der Waals surface area (Å²) in [4.78, 5) is 26.6. The number of nitrogens with zero attached hydrogens (tertiary/aromatic N) is 1. The Balaban J connectivity index is 3.40. The van der Waals surface area contributed by atoms with E-state index in [1.54, 1.807) is 6.92 Å². The third-order valence-corrected chi connectivity index (χ3v) is 3.60. The van der Waals surface area contributed by atoms with Crippen molar-refractivity contribution >= 4 is 57.5 Å². The Kier molecular flexibility index (Phi) is 6.15. The summed E-state index contributed by atoms with van der Waals surface area (Å²) in [6.07, 6.45) is 0.781. The average Bonchev–Trinajstić information content (AvgIpc) is 2.36. The summed E-state index contributed by atoms with van der Waals surface area (Å²) in [5.74, 6) is -3.48. The Labute approximate surface area is 136 Å². The van der Waals surface area contributed by atoms with Gasteiger partial charge < -0.3 is 9.84 Å². The first-order valence-electron chi connectivity index (χ1n) is 5.11. The number of carboxylic acids is 1. The van der Waals surface area contributed by atoms with Gasteiger partial charge in [-0.2, -0.15) is 0 Å². The molecule has 1 aromatic heterocycles. The highest BCUT2D eigenvalue weighted by Gasteiger charge is 2.28. The van der Waals surface area contributed by atoms with Gasteiger partial charge in [-0.3, -0.25) is 4.79 Å². The van der Waals surface area contributed by atoms with E-state index in [0.717, 1.165) is 6.26 Å². The number of aromatic nitrogens is 1. The van der Waals surface area contributed by atoms with Crippen molar-refractivity contribution in [1.82, 2.24) is 4.98 Å². The predicted molar refractivity (Wildman–Crippen MR) is 78.6 cm³/mol. The summed E-state index contributed by atoms with van der Waals surface area (Å²) < 4.78 is 18.2. The molecule has 1 rings (SSSR count). The van der Waals surface area contributed by atoms with Crippen LogP contribution in [0.4, 0.5) is 4.39 Å². The van der Waals surface area contributed by atoms with Gasteiger partial charge in [-0.1, -0.05) is 23.2 Å². The molecule has 0 amide bonds. The number of Topliss-reactive ketones (excluding diaryl/α,β-unsaturated/α-hetero) is 1. The maximum atomic E-state index is 13.6. The van der Waals surface area contributed by atoms with Crippen molar-refractivity contribution in [3.63, 3.8) is 0 Å². The Morgan fingerprint density at radius 1 is 1.45 bits per heavy atom. The van der Waals surface area contributed by atoms with E-state index in [1.807, 2.05) is 0 Å². The van der Waals surface area contributed by atoms with Crippen LogP contribution >= 0.6 is 45.8 Å². The van der Waals surface area contributed by atoms with E-state index in [4.69, 9.17) is 33.0 Å². The lowest BCUT2D eigenvalue weighted by molar-refractivity contribution is -0.132. The second kappa shape index (κ2) is 7.19. The van der Waals surface area contributed by atoms with E-state index in [0.29, 0.717) is 0 Å². The molecule has 0 radical (unpaired) electrons. The molecule has 0 bridgehead atoms. The number of carbonyl (C=O) groups is 2. The monoisotopic (exact) mass is 433 g/mol. The number of rotatable bonds is 5. The zero-order chi connectivity index (χ0) is 15.4. The van der Waals surface area contributed by atoms with Gasteiger partial charge in [-0.05, 0) is 29.5 Å². The number of aliphatic carboxylic acids is 1. The van der Waals surface area contributed by atoms with Crippen LogP contribution in [0.3, 0.4) is 0 Å². The molecule has 108 valence electrons. The van der Waals surface area contributed by atoms with E-state index in [2.05, 4.69) is 4.98 Å². The van der Waals surface area contributed by atoms with Gasteiger partial charge in [0.2, 0.25) is 5.78 Å². The standard InChI is InChI=1S/C11H7Cl2FINO4/c1-2-20-3-4(11(18)19)8(17)5-7(15)6(14)10(13)16-9(5)12/h3H,2H2,1H3,(H,18,19)/b4-3-. The van der Waals surface area contributed by atoms with Crippen LogP contribution in [0, 0.1) is 9.39 Å². The third-order valence-electron chi connectivity index (χ3n) is 2.07. The molecule has 9 heteroatoms. The van der Waals surface area contributed by atoms with Crippen LogP contribution < -0.4 is 0 Å². The smallest absolute Gasteiger partial charge is 0.342 e. The molecule has 0 fully saturated rings. The molecule has 0 aliphatic heterocycles. The van der Waals surface area contributed by atoms with Gasteiger partial charge in [0.15, 0.2) is 11.0 Å². The van der Waals surface area contributed by atoms with E-state index >= 15 is 0 Å². The summed E-state index contributed by atoms with van der Waals surface area (Å²) in [6, 6.07) is 0. The highest BCUT2D eigenvalue weighted by Crippen LogP contribution is 2.29. The van der Waals surface area contributed by atoms with E-state index in [9.17, 15) is 14.0 Å². The number of halogens is 4. The second-order valence-corrected chi connectivity index (χ2v) is 5.11. The Bertz CT molecular complexity index is 607. The van der Waals surface area contributed by atoms with Crippen molar-refractivity contribution in [2.75, 3.05) is 6.61 Å². The lowest BCUT2D eigenvalue weighted by Crippen LogP contribution is -2.16. The topological polar surface area (TPSA) is 76.5 Å². The Morgan fingerprint density at radius 2 is 2.05 bits per heavy atom. The van der Waals surface area contributed by atoms with Crippen molar-refractivity contribution in [2.45, 2.75) is 6.92 Å². The van der Waals surface area contributed by atoms with Gasteiger partial charge in [0.05, 0.1) is 15.7 Å². The number of ether oxygens (including phenoxy) is 1. The predicted octanol–water partition coefficient (Wildman–Crippen LogP) is 3.32. The van der Waals surface area contributed by atoms with Gasteiger partial charge in [-0.15, -0.1) is 0 Å². The molecule has 0 aromatic carbocycles. The molecule has 0 atom stereocenters. The molecular formula is C11H7Cl2FINO4. The molecule has 5 nitrogen and oxygen atoms in total. The average molecular weight is 434 g/mol. The van der Waals surface area contributed by atoms with Crippen molar-refractivity contribution in [3.05, 3.63) is 37.1 Å². The van der Waals surface area contributed by atoms with Crippen LogP contribution in [-0.2, 0) is 9.53 Å². The molecule has 0 spiro atoms. The first kappa shape index (κ1) is 17.1. The largest absolute Gasteiger partial charge is 0.500 e. The van der Waals surface area contributed by atoms with Crippen LogP contribution in [-0.4, -0.2) is 28.4 Å². The highest BCUT2D eigenvalue weighted by atomic mass is 127. The fourth-order valence-electron chi connectivity index (χ4n) is 1.18. The van der Waals surface area contributed by atoms with Crippen molar-refractivity contribution < 1.29 is 23.8 Å². The number of carbonyl (C=O) groups excluding carboxylic acids is 1. The molecule has 1 N–H and O–H groups in total. The van der Waals surface area contributed by atoms with Crippen LogP contribution in [0.1, 0.15) is 17.3 Å². The third kappa shape index (κ3) is 3.58. The van der Waals surface area contributed by atoms with Crippen molar-refractivity contribution in [2.24, 2.45) is 0 Å². The van der Waals surface area contributed by atoms with Crippen LogP contribution in [0.5, 0.6) is 0 Å². The Morgan fingerprint density at radius 3 is 2.55 bits per heavy atom. The summed E-state index contributed by atoms with van der Waals surface area (Å²) in [7, 11) is 0. The number of carboxylic acid groups (broad SMARTS) is 1. The van der Waals surface area contributed by atoms with Crippen LogP contribution in [0.25, 0.3) is 0 Å². The molecule has 0 saturated heterocycles. The van der Waals surface area contributed by atoms with Gasteiger partial charge in [-0.25, -0.2) is 14.2 Å². The maximum absolute atomic E-state index is 13.6. The van der Waals surface area contributed by atoms with E-state index in [-0.39, 0.29) is 20.9 Å². The summed E-state index contributed by atoms with van der Waals surface area (Å²) in [6.45, 7) is 1.78. The van der Waals surface area contributed by atoms with Crippen molar-refractivity contribution in [1.29, 1.82) is 0 Å². The molecule has 0 saturated carbocycles. The molecule has 0 aliphatic carbocycles. The molecular weight excluding hydrogens is 427 g/mol. The number of pyridine rings is 1. The zero-order valence-electron chi connectivity index (χ0n) is 9.92. The minimum absolute atomic E-state index is 0.169. The van der Waals surface area contributed by atoms with Crippen molar-refractivity contribution in [3.8, 4) is 0 Å². The Hall–Kier alpha value is -0.930. The number of hydrogen-bond donors (Lipinski definition) is 1. The zero-order valence-corrected chi connectivity index (χ0v) is 13.6. The quantitative estimate of drug-likeness (QED) is 0.147. The fraction of sp³-hybridized carbons (Fsp3) is 0.182. The highest BCUT2D eigenvalue weighted by molar-refractivity contribution is 14.1. The van der Waals surface area contributed by atoms with Crippen LogP contribution in [0.15, 0.2) is 11.8 Å². The lowest BCUT2D eigenvalue weighted by Gasteiger charge is -2.08. The van der Waals surface area contributed by atoms with Gasteiger partial charge in [0.25, 0.3) is 0 Å². The molecule has 20 heavy (non-hydrogen) atoms. The first-order valence-corrected chi connectivity index (χ1v) is 6.94. The SMILES string of the molecule is CCO/C=C(\C(=O)O)C(=O)c1c(Cl)nc(Cl)c(F)c1I. The van der Waals surface area contributed by atoms with E-state index < -0.39 is 28.3 Å². The van der Waals surface area contributed by atoms with Crippen LogP contribution in [0.2, 0.25) is 10.3 Å². The lowest BCUT2D eigenvalue weighted by atomic mass is 10.1. The minimum atomic E-state index is -1.52. The molecule has 0 unspecified atom stereocenters. The maximum Gasteiger partial charge on any atom is 0.342 e. The molecule has 0 aliphatic rings. The minimum Gasteiger partial charge on any atom is -0.500 e. The summed E-state index contributed by atoms with van der Waals surface area (Å²) in [5.41, 5.74) is -1.06. The first-order chi connectivity index (χ1) is 9.31. The summed E-state index contributed by atoms with van der Waals surface area (Å²) >= 11 is 12.7. The molecule has 1 heterocycles.